The molecule has 0 bridgehead atoms. The number of hydrogen-bond acceptors (Lipinski definition) is 3. The topological polar surface area (TPSA) is 35.5 Å². The van der Waals surface area contributed by atoms with Crippen LogP contribution in [0.4, 0.5) is 0 Å². The summed E-state index contributed by atoms with van der Waals surface area (Å²) in [7, 11) is 0. The predicted molar refractivity (Wildman–Crippen MR) is 81.1 cm³/mol. The van der Waals surface area contributed by atoms with E-state index in [9.17, 15) is 4.79 Å². The molecular weight excluding hydrogens is 320 g/mol. The van der Waals surface area contributed by atoms with E-state index in [1.165, 1.54) is 0 Å². The van der Waals surface area contributed by atoms with Gasteiger partial charge in [0.15, 0.2) is 0 Å². The summed E-state index contributed by atoms with van der Waals surface area (Å²) in [6.07, 6.45) is 0. The van der Waals surface area contributed by atoms with Crippen LogP contribution in [-0.4, -0.2) is 19.2 Å². The second-order valence-electron chi connectivity index (χ2n) is 4.26. The summed E-state index contributed by atoms with van der Waals surface area (Å²) in [6.45, 7) is 2.52. The summed E-state index contributed by atoms with van der Waals surface area (Å²) in [5.41, 5.74) is 1.61. The first-order valence-corrected chi connectivity index (χ1v) is 7.07. The minimum Gasteiger partial charge on any atom is -0.490 e. The van der Waals surface area contributed by atoms with Crippen LogP contribution in [0, 0.1) is 6.92 Å². The average Bonchev–Trinajstić information content (AvgIpc) is 2.47. The Labute approximate surface area is 126 Å². The van der Waals surface area contributed by atoms with Crippen LogP contribution in [0.25, 0.3) is 0 Å². The molecule has 2 aromatic rings. The molecule has 2 aromatic carbocycles. The number of carbonyl (C=O) groups is 1. The zero-order chi connectivity index (χ0) is 14.4. The van der Waals surface area contributed by atoms with Gasteiger partial charge in [-0.15, -0.1) is 0 Å². The molecule has 0 saturated heterocycles. The Kier molecular flexibility index (Phi) is 5.18. The molecule has 0 radical (unpaired) electrons. The highest BCUT2D eigenvalue weighted by atomic mass is 79.9. The Morgan fingerprint density at radius 2 is 1.85 bits per heavy atom. The number of ether oxygens (including phenoxy) is 2. The van der Waals surface area contributed by atoms with E-state index in [4.69, 9.17) is 9.47 Å². The predicted octanol–water partition coefficient (Wildman–Crippen LogP) is 3.99. The molecule has 104 valence electrons. The first kappa shape index (κ1) is 14.6. The molecular formula is C16H15BrO3. The molecule has 0 aliphatic heterocycles. The molecule has 0 fully saturated rings. The first-order valence-electron chi connectivity index (χ1n) is 6.28. The lowest BCUT2D eigenvalue weighted by atomic mass is 10.1. The number of carbonyl (C=O) groups excluding carboxylic acids is 1. The van der Waals surface area contributed by atoms with Crippen LogP contribution in [0.3, 0.4) is 0 Å². The van der Waals surface area contributed by atoms with Crippen molar-refractivity contribution in [1.29, 1.82) is 0 Å². The number of aryl methyl sites for hydroxylation is 1. The Hall–Kier alpha value is -1.81. The third-order valence-electron chi connectivity index (χ3n) is 2.74. The van der Waals surface area contributed by atoms with E-state index in [2.05, 4.69) is 15.9 Å². The van der Waals surface area contributed by atoms with Crippen molar-refractivity contribution in [3.63, 3.8) is 0 Å². The van der Waals surface area contributed by atoms with Gasteiger partial charge < -0.3 is 9.47 Å². The summed E-state index contributed by atoms with van der Waals surface area (Å²) in [4.78, 5) is 11.8. The van der Waals surface area contributed by atoms with E-state index in [1.54, 1.807) is 12.1 Å². The standard InChI is InChI=1S/C16H15BrO3/c1-12-7-8-13(11-15(12)17)16(18)20-10-9-19-14-5-3-2-4-6-14/h2-8,11H,9-10H2,1H3. The molecule has 0 aromatic heterocycles. The fourth-order valence-corrected chi connectivity index (χ4v) is 1.99. The Balaban J connectivity index is 1.79. The SMILES string of the molecule is Cc1ccc(C(=O)OCCOc2ccccc2)cc1Br. The van der Waals surface area contributed by atoms with E-state index in [-0.39, 0.29) is 12.6 Å². The maximum Gasteiger partial charge on any atom is 0.338 e. The van der Waals surface area contributed by atoms with E-state index in [0.29, 0.717) is 12.2 Å². The van der Waals surface area contributed by atoms with Gasteiger partial charge in [0, 0.05) is 4.47 Å². The van der Waals surface area contributed by atoms with Gasteiger partial charge in [-0.2, -0.15) is 0 Å². The minimum absolute atomic E-state index is 0.221. The van der Waals surface area contributed by atoms with Crippen molar-refractivity contribution in [2.45, 2.75) is 6.92 Å². The zero-order valence-electron chi connectivity index (χ0n) is 11.1. The second kappa shape index (κ2) is 7.10. The van der Waals surface area contributed by atoms with Crippen molar-refractivity contribution in [1.82, 2.24) is 0 Å². The summed E-state index contributed by atoms with van der Waals surface area (Å²) < 4.78 is 11.5. The van der Waals surface area contributed by atoms with Gasteiger partial charge >= 0.3 is 5.97 Å². The number of hydrogen-bond donors (Lipinski definition) is 0. The molecule has 0 atom stereocenters. The van der Waals surface area contributed by atoms with Gasteiger partial charge in [-0.25, -0.2) is 4.79 Å². The molecule has 3 nitrogen and oxygen atoms in total. The van der Waals surface area contributed by atoms with E-state index < -0.39 is 0 Å². The summed E-state index contributed by atoms with van der Waals surface area (Å²) in [6, 6.07) is 14.8. The highest BCUT2D eigenvalue weighted by Crippen LogP contribution is 2.18. The van der Waals surface area contributed by atoms with Crippen molar-refractivity contribution in [3.8, 4) is 5.75 Å². The molecule has 0 spiro atoms. The smallest absolute Gasteiger partial charge is 0.338 e. The summed E-state index contributed by atoms with van der Waals surface area (Å²) in [5.74, 6) is 0.420. The van der Waals surface area contributed by atoms with Gasteiger partial charge in [-0.05, 0) is 36.8 Å². The number of halogens is 1. The normalized spacial score (nSPS) is 10.1. The molecule has 0 N–H and O–H groups in total. The quantitative estimate of drug-likeness (QED) is 0.612. The molecule has 0 amide bonds. The minimum atomic E-state index is -0.345. The molecule has 0 unspecified atom stereocenters. The third kappa shape index (κ3) is 4.10. The number of rotatable bonds is 5. The van der Waals surface area contributed by atoms with E-state index in [0.717, 1.165) is 15.8 Å². The zero-order valence-corrected chi connectivity index (χ0v) is 12.7. The third-order valence-corrected chi connectivity index (χ3v) is 3.59. The van der Waals surface area contributed by atoms with Crippen LogP contribution in [0.1, 0.15) is 15.9 Å². The van der Waals surface area contributed by atoms with Crippen LogP contribution < -0.4 is 4.74 Å². The van der Waals surface area contributed by atoms with Gasteiger partial charge in [0.05, 0.1) is 5.56 Å². The fourth-order valence-electron chi connectivity index (χ4n) is 1.61. The lowest BCUT2D eigenvalue weighted by molar-refractivity contribution is 0.0450. The highest BCUT2D eigenvalue weighted by Gasteiger charge is 2.08. The lowest BCUT2D eigenvalue weighted by Gasteiger charge is -2.08. The molecule has 0 heterocycles. The maximum atomic E-state index is 11.8. The van der Waals surface area contributed by atoms with Gasteiger partial charge in [0.2, 0.25) is 0 Å². The van der Waals surface area contributed by atoms with Crippen molar-refractivity contribution in [2.24, 2.45) is 0 Å². The molecule has 0 saturated carbocycles. The van der Waals surface area contributed by atoms with Crippen molar-refractivity contribution in [3.05, 3.63) is 64.1 Å². The maximum absolute atomic E-state index is 11.8. The summed E-state index contributed by atoms with van der Waals surface area (Å²) >= 11 is 3.39. The van der Waals surface area contributed by atoms with Gasteiger partial charge in [0.25, 0.3) is 0 Å². The Morgan fingerprint density at radius 1 is 1.10 bits per heavy atom. The van der Waals surface area contributed by atoms with Crippen LogP contribution in [0.15, 0.2) is 53.0 Å². The highest BCUT2D eigenvalue weighted by molar-refractivity contribution is 9.10. The van der Waals surface area contributed by atoms with E-state index >= 15 is 0 Å². The number of para-hydroxylation sites is 1. The Morgan fingerprint density at radius 3 is 2.55 bits per heavy atom. The molecule has 0 aliphatic rings. The largest absolute Gasteiger partial charge is 0.490 e. The Bertz CT molecular complexity index is 582. The van der Waals surface area contributed by atoms with Gasteiger partial charge in [-0.3, -0.25) is 0 Å². The molecule has 20 heavy (non-hydrogen) atoms. The molecule has 2 rings (SSSR count). The van der Waals surface area contributed by atoms with Gasteiger partial charge in [0.1, 0.15) is 19.0 Å². The van der Waals surface area contributed by atoms with Crippen molar-refractivity contribution < 1.29 is 14.3 Å². The first-order chi connectivity index (χ1) is 9.66. The fraction of sp³-hybridized carbons (Fsp3) is 0.188. The monoisotopic (exact) mass is 334 g/mol. The van der Waals surface area contributed by atoms with Crippen LogP contribution >= 0.6 is 15.9 Å². The van der Waals surface area contributed by atoms with Crippen LogP contribution in [0.2, 0.25) is 0 Å². The van der Waals surface area contributed by atoms with Gasteiger partial charge in [-0.1, -0.05) is 40.2 Å². The number of esters is 1. The van der Waals surface area contributed by atoms with Crippen LogP contribution in [0.5, 0.6) is 5.75 Å². The van der Waals surface area contributed by atoms with Crippen LogP contribution in [-0.2, 0) is 4.74 Å². The average molecular weight is 335 g/mol. The lowest BCUT2D eigenvalue weighted by Crippen LogP contribution is -2.12. The van der Waals surface area contributed by atoms with Crippen molar-refractivity contribution in [2.75, 3.05) is 13.2 Å². The summed E-state index contributed by atoms with van der Waals surface area (Å²) in [5, 5.41) is 0. The van der Waals surface area contributed by atoms with Crippen molar-refractivity contribution >= 4 is 21.9 Å². The number of benzene rings is 2. The van der Waals surface area contributed by atoms with E-state index in [1.807, 2.05) is 43.3 Å². The molecule has 0 aliphatic carbocycles. The second-order valence-corrected chi connectivity index (χ2v) is 5.12. The molecule has 4 heteroatoms.